The number of aliphatic hydroxyl groups excluding tert-OH is 1. The van der Waals surface area contributed by atoms with E-state index < -0.39 is 0 Å². The minimum absolute atomic E-state index is 0.0762. The molecule has 0 atom stereocenters. The van der Waals surface area contributed by atoms with Gasteiger partial charge in [-0.2, -0.15) is 0 Å². The third-order valence-corrected chi connectivity index (χ3v) is 2.80. The molecule has 0 amide bonds. The normalized spacial score (nSPS) is 16.5. The van der Waals surface area contributed by atoms with E-state index in [1.807, 2.05) is 12.1 Å². The maximum atomic E-state index is 9.21. The monoisotopic (exact) mass is 222 g/mol. The topological polar surface area (TPSA) is 45.6 Å². The second-order valence-electron chi connectivity index (χ2n) is 3.94. The molecule has 0 radical (unpaired) electrons. The van der Waals surface area contributed by atoms with Crippen LogP contribution in [0.2, 0.25) is 0 Å². The lowest BCUT2D eigenvalue weighted by molar-refractivity contribution is 0.122. The summed E-state index contributed by atoms with van der Waals surface area (Å²) in [5.74, 6) is 0.965. The number of anilines is 1. The summed E-state index contributed by atoms with van der Waals surface area (Å²) in [5, 5.41) is 9.21. The lowest BCUT2D eigenvalue weighted by Crippen LogP contribution is -2.36. The van der Waals surface area contributed by atoms with Gasteiger partial charge in [0.15, 0.2) is 0 Å². The molecular formula is C12H18N2O2. The highest BCUT2D eigenvalue weighted by Gasteiger charge is 2.13. The number of aryl methyl sites for hydroxylation is 1. The van der Waals surface area contributed by atoms with Crippen molar-refractivity contribution in [2.24, 2.45) is 0 Å². The third-order valence-electron chi connectivity index (χ3n) is 2.80. The van der Waals surface area contributed by atoms with Gasteiger partial charge in [-0.3, -0.25) is 0 Å². The van der Waals surface area contributed by atoms with Gasteiger partial charge in [-0.1, -0.05) is 6.92 Å². The van der Waals surface area contributed by atoms with E-state index >= 15 is 0 Å². The van der Waals surface area contributed by atoms with Crippen LogP contribution in [-0.2, 0) is 17.8 Å². The lowest BCUT2D eigenvalue weighted by Gasteiger charge is -2.28. The molecule has 0 bridgehead atoms. The molecule has 0 aliphatic carbocycles. The molecule has 0 spiro atoms. The fourth-order valence-corrected chi connectivity index (χ4v) is 1.86. The molecule has 0 aromatic carbocycles. The first kappa shape index (κ1) is 11.4. The van der Waals surface area contributed by atoms with Crippen LogP contribution in [0.1, 0.15) is 18.2 Å². The summed E-state index contributed by atoms with van der Waals surface area (Å²) in [6.45, 7) is 5.43. The van der Waals surface area contributed by atoms with E-state index in [2.05, 4.69) is 16.8 Å². The Labute approximate surface area is 95.9 Å². The summed E-state index contributed by atoms with van der Waals surface area (Å²) >= 11 is 0. The average molecular weight is 222 g/mol. The van der Waals surface area contributed by atoms with Crippen molar-refractivity contribution < 1.29 is 9.84 Å². The van der Waals surface area contributed by atoms with Gasteiger partial charge in [0.25, 0.3) is 0 Å². The standard InChI is InChI=1S/C12H18N2O2/c1-2-11-7-10(9-15)8-12(13-11)14-3-5-16-6-4-14/h7-8,15H,2-6,9H2,1H3. The molecule has 1 aliphatic heterocycles. The number of nitrogens with zero attached hydrogens (tertiary/aromatic N) is 2. The van der Waals surface area contributed by atoms with Gasteiger partial charge in [0, 0.05) is 18.8 Å². The number of morpholine rings is 1. The van der Waals surface area contributed by atoms with Gasteiger partial charge in [0.1, 0.15) is 5.82 Å². The summed E-state index contributed by atoms with van der Waals surface area (Å²) < 4.78 is 5.32. The molecule has 16 heavy (non-hydrogen) atoms. The number of hydrogen-bond donors (Lipinski definition) is 1. The predicted octanol–water partition coefficient (Wildman–Crippen LogP) is 0.973. The Kier molecular flexibility index (Phi) is 3.74. The van der Waals surface area contributed by atoms with Gasteiger partial charge >= 0.3 is 0 Å². The van der Waals surface area contributed by atoms with Crippen LogP contribution in [0.5, 0.6) is 0 Å². The summed E-state index contributed by atoms with van der Waals surface area (Å²) in [7, 11) is 0. The first-order valence-electron chi connectivity index (χ1n) is 5.77. The van der Waals surface area contributed by atoms with Crippen LogP contribution in [0, 0.1) is 0 Å². The first-order valence-corrected chi connectivity index (χ1v) is 5.77. The van der Waals surface area contributed by atoms with Crippen LogP contribution >= 0.6 is 0 Å². The van der Waals surface area contributed by atoms with Crippen LogP contribution in [0.25, 0.3) is 0 Å². The van der Waals surface area contributed by atoms with Gasteiger partial charge in [0.05, 0.1) is 19.8 Å². The Balaban J connectivity index is 2.24. The predicted molar refractivity (Wildman–Crippen MR) is 62.6 cm³/mol. The summed E-state index contributed by atoms with van der Waals surface area (Å²) in [4.78, 5) is 6.79. The van der Waals surface area contributed by atoms with E-state index in [1.54, 1.807) is 0 Å². The Morgan fingerprint density at radius 1 is 1.38 bits per heavy atom. The minimum atomic E-state index is 0.0762. The third kappa shape index (κ3) is 2.51. The summed E-state index contributed by atoms with van der Waals surface area (Å²) in [6.07, 6.45) is 0.894. The number of pyridine rings is 1. The SMILES string of the molecule is CCc1cc(CO)cc(N2CCOCC2)n1. The highest BCUT2D eigenvalue weighted by Crippen LogP contribution is 2.17. The van der Waals surface area contributed by atoms with E-state index in [4.69, 9.17) is 4.74 Å². The van der Waals surface area contributed by atoms with Crippen LogP contribution in [0.4, 0.5) is 5.82 Å². The number of aromatic nitrogens is 1. The van der Waals surface area contributed by atoms with Crippen molar-refractivity contribution in [3.8, 4) is 0 Å². The molecule has 2 heterocycles. The highest BCUT2D eigenvalue weighted by atomic mass is 16.5. The van der Waals surface area contributed by atoms with Gasteiger partial charge in [-0.15, -0.1) is 0 Å². The van der Waals surface area contributed by atoms with E-state index in [9.17, 15) is 5.11 Å². The maximum Gasteiger partial charge on any atom is 0.129 e. The molecule has 1 aromatic heterocycles. The maximum absolute atomic E-state index is 9.21. The zero-order valence-corrected chi connectivity index (χ0v) is 9.65. The molecule has 1 aliphatic rings. The van der Waals surface area contributed by atoms with Crippen molar-refractivity contribution in [2.75, 3.05) is 31.2 Å². The Bertz CT molecular complexity index is 327. The van der Waals surface area contributed by atoms with Gasteiger partial charge < -0.3 is 14.7 Å². The molecule has 1 fully saturated rings. The van der Waals surface area contributed by atoms with Crippen LogP contribution in [0.15, 0.2) is 12.1 Å². The Morgan fingerprint density at radius 3 is 2.75 bits per heavy atom. The summed E-state index contributed by atoms with van der Waals surface area (Å²) in [6, 6.07) is 3.93. The molecule has 1 saturated heterocycles. The van der Waals surface area contributed by atoms with E-state index in [0.29, 0.717) is 0 Å². The highest BCUT2D eigenvalue weighted by molar-refractivity contribution is 5.43. The van der Waals surface area contributed by atoms with Crippen molar-refractivity contribution in [1.82, 2.24) is 4.98 Å². The smallest absolute Gasteiger partial charge is 0.129 e. The zero-order valence-electron chi connectivity index (χ0n) is 9.65. The average Bonchev–Trinajstić information content (AvgIpc) is 2.39. The lowest BCUT2D eigenvalue weighted by atomic mass is 10.2. The summed E-state index contributed by atoms with van der Waals surface area (Å²) in [5.41, 5.74) is 1.97. The molecule has 2 rings (SSSR count). The fourth-order valence-electron chi connectivity index (χ4n) is 1.86. The van der Waals surface area contributed by atoms with Crippen molar-refractivity contribution in [1.29, 1.82) is 0 Å². The van der Waals surface area contributed by atoms with Crippen molar-refractivity contribution in [3.63, 3.8) is 0 Å². The van der Waals surface area contributed by atoms with E-state index in [0.717, 1.165) is 49.8 Å². The molecule has 88 valence electrons. The second kappa shape index (κ2) is 5.27. The number of ether oxygens (including phenoxy) is 1. The number of aliphatic hydroxyl groups is 1. The van der Waals surface area contributed by atoms with E-state index in [-0.39, 0.29) is 6.61 Å². The molecule has 1 N–H and O–H groups in total. The Morgan fingerprint density at radius 2 is 2.12 bits per heavy atom. The van der Waals surface area contributed by atoms with Crippen molar-refractivity contribution >= 4 is 5.82 Å². The molecule has 0 unspecified atom stereocenters. The fraction of sp³-hybridized carbons (Fsp3) is 0.583. The van der Waals surface area contributed by atoms with Crippen LogP contribution in [0.3, 0.4) is 0 Å². The minimum Gasteiger partial charge on any atom is -0.392 e. The molecule has 0 saturated carbocycles. The van der Waals surface area contributed by atoms with Gasteiger partial charge in [-0.25, -0.2) is 4.98 Å². The molecule has 4 heteroatoms. The van der Waals surface area contributed by atoms with E-state index in [1.165, 1.54) is 0 Å². The van der Waals surface area contributed by atoms with Crippen molar-refractivity contribution in [2.45, 2.75) is 20.0 Å². The van der Waals surface area contributed by atoms with Crippen LogP contribution < -0.4 is 4.90 Å². The number of rotatable bonds is 3. The quantitative estimate of drug-likeness (QED) is 0.828. The zero-order chi connectivity index (χ0) is 11.4. The van der Waals surface area contributed by atoms with Gasteiger partial charge in [-0.05, 0) is 24.1 Å². The second-order valence-corrected chi connectivity index (χ2v) is 3.94. The van der Waals surface area contributed by atoms with Gasteiger partial charge in [0.2, 0.25) is 0 Å². The largest absolute Gasteiger partial charge is 0.392 e. The molecule has 4 nitrogen and oxygen atoms in total. The molecular weight excluding hydrogens is 204 g/mol. The van der Waals surface area contributed by atoms with Crippen molar-refractivity contribution in [3.05, 3.63) is 23.4 Å². The Hall–Kier alpha value is -1.13. The molecule has 1 aromatic rings. The first-order chi connectivity index (χ1) is 7.83. The number of hydrogen-bond acceptors (Lipinski definition) is 4. The van der Waals surface area contributed by atoms with Crippen LogP contribution in [-0.4, -0.2) is 36.4 Å².